The fraction of sp³-hybridized carbons (Fsp3) is 0.444. The quantitative estimate of drug-likeness (QED) is 0.778. The molecule has 0 saturated carbocycles. The fourth-order valence-electron chi connectivity index (χ4n) is 2.35. The lowest BCUT2D eigenvalue weighted by Crippen LogP contribution is -2.37. The average Bonchev–Trinajstić information content (AvgIpc) is 2.93. The lowest BCUT2D eigenvalue weighted by Gasteiger charge is -2.27. The van der Waals surface area contributed by atoms with E-state index in [9.17, 15) is 4.79 Å². The molecule has 0 aliphatic carbocycles. The van der Waals surface area contributed by atoms with Crippen LogP contribution >= 0.6 is 15.9 Å². The Morgan fingerprint density at radius 2 is 2.12 bits per heavy atom. The number of halogens is 1. The molecule has 0 atom stereocenters. The van der Waals surface area contributed by atoms with Crippen LogP contribution in [0.25, 0.3) is 11.3 Å². The van der Waals surface area contributed by atoms with E-state index < -0.39 is 5.60 Å². The van der Waals surface area contributed by atoms with Crippen LogP contribution in [-0.4, -0.2) is 33.1 Å². The van der Waals surface area contributed by atoms with Crippen LogP contribution in [-0.2, 0) is 11.3 Å². The van der Waals surface area contributed by atoms with Gasteiger partial charge in [-0.3, -0.25) is 0 Å². The van der Waals surface area contributed by atoms with Crippen molar-refractivity contribution in [3.8, 4) is 11.3 Å². The molecule has 0 radical (unpaired) electrons. The van der Waals surface area contributed by atoms with Crippen molar-refractivity contribution < 1.29 is 9.53 Å². The number of carbonyl (C=O) groups excluding carboxylic acids is 1. The summed E-state index contributed by atoms with van der Waals surface area (Å²) in [6, 6.07) is 7.99. The first kappa shape index (κ1) is 18.5. The maximum atomic E-state index is 12.4. The summed E-state index contributed by atoms with van der Waals surface area (Å²) in [6.45, 7) is 8.69. The first-order valence-corrected chi connectivity index (χ1v) is 8.85. The van der Waals surface area contributed by atoms with Gasteiger partial charge in [0.25, 0.3) is 0 Å². The summed E-state index contributed by atoms with van der Waals surface area (Å²) in [5.41, 5.74) is 2.26. The summed E-state index contributed by atoms with van der Waals surface area (Å²) in [5, 5.41) is 0. The van der Waals surface area contributed by atoms with Crippen molar-refractivity contribution in [2.75, 3.05) is 6.54 Å². The number of aromatic amines is 1. The zero-order valence-corrected chi connectivity index (χ0v) is 16.2. The second-order valence-electron chi connectivity index (χ2n) is 6.64. The number of hydrogen-bond acceptors (Lipinski definition) is 3. The van der Waals surface area contributed by atoms with E-state index in [1.54, 1.807) is 11.2 Å². The van der Waals surface area contributed by atoms with Gasteiger partial charge < -0.3 is 14.6 Å². The highest BCUT2D eigenvalue weighted by atomic mass is 79.9. The van der Waals surface area contributed by atoms with Gasteiger partial charge in [0.15, 0.2) is 0 Å². The topological polar surface area (TPSA) is 58.2 Å². The predicted octanol–water partition coefficient (Wildman–Crippen LogP) is 4.99. The Hall–Kier alpha value is -1.82. The Labute approximate surface area is 151 Å². The summed E-state index contributed by atoms with van der Waals surface area (Å²) >= 11 is 3.49. The van der Waals surface area contributed by atoms with Crippen molar-refractivity contribution in [1.82, 2.24) is 14.9 Å². The summed E-state index contributed by atoms with van der Waals surface area (Å²) in [7, 11) is 0. The number of hydrogen-bond donors (Lipinski definition) is 1. The summed E-state index contributed by atoms with van der Waals surface area (Å²) in [4.78, 5) is 21.7. The van der Waals surface area contributed by atoms with E-state index in [4.69, 9.17) is 4.74 Å². The minimum absolute atomic E-state index is 0.312. The second-order valence-corrected chi connectivity index (χ2v) is 7.55. The van der Waals surface area contributed by atoms with Gasteiger partial charge in [-0.05, 0) is 39.3 Å². The Morgan fingerprint density at radius 1 is 1.38 bits per heavy atom. The third-order valence-corrected chi connectivity index (χ3v) is 3.81. The highest BCUT2D eigenvalue weighted by Crippen LogP contribution is 2.25. The van der Waals surface area contributed by atoms with Gasteiger partial charge in [-0.1, -0.05) is 35.0 Å². The molecule has 2 rings (SSSR count). The molecule has 0 unspecified atom stereocenters. The molecule has 130 valence electrons. The number of ether oxygens (including phenoxy) is 1. The molecular weight excluding hydrogens is 370 g/mol. The summed E-state index contributed by atoms with van der Waals surface area (Å²) in [5.74, 6) is 0. The van der Waals surface area contributed by atoms with Gasteiger partial charge in [0.05, 0.1) is 24.3 Å². The molecule has 5 nitrogen and oxygen atoms in total. The molecule has 0 aliphatic heterocycles. The van der Waals surface area contributed by atoms with E-state index >= 15 is 0 Å². The first-order valence-electron chi connectivity index (χ1n) is 8.06. The Kier molecular flexibility index (Phi) is 6.04. The molecule has 1 aromatic carbocycles. The largest absolute Gasteiger partial charge is 0.444 e. The molecule has 1 aromatic heterocycles. The van der Waals surface area contributed by atoms with Gasteiger partial charge in [0, 0.05) is 16.6 Å². The third-order valence-electron chi connectivity index (χ3n) is 3.32. The van der Waals surface area contributed by atoms with Crippen LogP contribution in [0.2, 0.25) is 0 Å². The highest BCUT2D eigenvalue weighted by molar-refractivity contribution is 9.10. The van der Waals surface area contributed by atoms with E-state index in [-0.39, 0.29) is 6.09 Å². The lowest BCUT2D eigenvalue weighted by molar-refractivity contribution is 0.0232. The van der Waals surface area contributed by atoms with Crippen molar-refractivity contribution in [2.45, 2.75) is 46.3 Å². The molecular formula is C18H24BrN3O2. The number of benzene rings is 1. The van der Waals surface area contributed by atoms with Crippen LogP contribution in [0.15, 0.2) is 35.1 Å². The average molecular weight is 394 g/mol. The predicted molar refractivity (Wildman–Crippen MR) is 98.7 cm³/mol. The van der Waals surface area contributed by atoms with E-state index in [1.165, 1.54) is 0 Å². The number of nitrogens with zero attached hydrogens (tertiary/aromatic N) is 2. The van der Waals surface area contributed by atoms with E-state index in [2.05, 4.69) is 25.9 Å². The Morgan fingerprint density at radius 3 is 2.75 bits per heavy atom. The fourth-order valence-corrected chi connectivity index (χ4v) is 2.75. The van der Waals surface area contributed by atoms with Crippen molar-refractivity contribution in [1.29, 1.82) is 0 Å². The number of carbonyl (C=O) groups is 1. The molecule has 2 aromatic rings. The molecule has 0 aliphatic rings. The van der Waals surface area contributed by atoms with Gasteiger partial charge >= 0.3 is 6.09 Å². The van der Waals surface area contributed by atoms with Crippen LogP contribution in [0.3, 0.4) is 0 Å². The van der Waals surface area contributed by atoms with Gasteiger partial charge in [-0.15, -0.1) is 0 Å². The van der Waals surface area contributed by atoms with Crippen molar-refractivity contribution >= 4 is 22.0 Å². The van der Waals surface area contributed by atoms with Gasteiger partial charge in [0.2, 0.25) is 0 Å². The maximum Gasteiger partial charge on any atom is 0.410 e. The molecule has 0 bridgehead atoms. The summed E-state index contributed by atoms with van der Waals surface area (Å²) in [6.07, 6.45) is 2.20. The van der Waals surface area contributed by atoms with E-state index in [1.807, 2.05) is 52.0 Å². The second kappa shape index (κ2) is 7.83. The van der Waals surface area contributed by atoms with Gasteiger partial charge in [-0.2, -0.15) is 0 Å². The van der Waals surface area contributed by atoms with Crippen LogP contribution in [0.5, 0.6) is 0 Å². The molecule has 6 heteroatoms. The number of aromatic nitrogens is 2. The monoisotopic (exact) mass is 393 g/mol. The molecule has 1 heterocycles. The normalized spacial score (nSPS) is 11.4. The van der Waals surface area contributed by atoms with Crippen molar-refractivity contribution in [3.63, 3.8) is 0 Å². The Bertz CT molecular complexity index is 692. The third kappa shape index (κ3) is 5.09. The molecule has 1 amide bonds. The minimum atomic E-state index is -0.512. The number of amides is 1. The standard InChI is InChI=1S/C18H24BrN3O2/c1-5-9-22(17(23)24-18(2,3)4)11-15-16(21-12-20-15)13-7-6-8-14(19)10-13/h6-8,10,12H,5,9,11H2,1-4H3,(H,20,21). The highest BCUT2D eigenvalue weighted by Gasteiger charge is 2.23. The molecule has 0 saturated heterocycles. The SMILES string of the molecule is CCCN(Cc1nc[nH]c1-c1cccc(Br)c1)C(=O)OC(C)(C)C. The minimum Gasteiger partial charge on any atom is -0.444 e. The molecule has 1 N–H and O–H groups in total. The lowest BCUT2D eigenvalue weighted by atomic mass is 10.1. The zero-order chi connectivity index (χ0) is 17.7. The van der Waals surface area contributed by atoms with Crippen LogP contribution in [0.1, 0.15) is 39.8 Å². The zero-order valence-electron chi connectivity index (χ0n) is 14.6. The number of nitrogens with one attached hydrogen (secondary N) is 1. The van der Waals surface area contributed by atoms with Gasteiger partial charge in [0.1, 0.15) is 5.60 Å². The van der Waals surface area contributed by atoms with Crippen molar-refractivity contribution in [3.05, 3.63) is 40.8 Å². The smallest absolute Gasteiger partial charge is 0.410 e. The van der Waals surface area contributed by atoms with Gasteiger partial charge in [-0.25, -0.2) is 9.78 Å². The maximum absolute atomic E-state index is 12.4. The molecule has 24 heavy (non-hydrogen) atoms. The van der Waals surface area contributed by atoms with E-state index in [0.29, 0.717) is 13.1 Å². The van der Waals surface area contributed by atoms with Crippen LogP contribution in [0.4, 0.5) is 4.79 Å². The summed E-state index contributed by atoms with van der Waals surface area (Å²) < 4.78 is 6.51. The molecule has 0 fully saturated rings. The molecule has 0 spiro atoms. The Balaban J connectivity index is 2.22. The first-order chi connectivity index (χ1) is 11.3. The number of rotatable bonds is 5. The number of imidazole rings is 1. The van der Waals surface area contributed by atoms with E-state index in [0.717, 1.165) is 27.8 Å². The number of H-pyrrole nitrogens is 1. The van der Waals surface area contributed by atoms with Crippen LogP contribution in [0, 0.1) is 0 Å². The van der Waals surface area contributed by atoms with Crippen LogP contribution < -0.4 is 0 Å². The van der Waals surface area contributed by atoms with Crippen molar-refractivity contribution in [2.24, 2.45) is 0 Å².